The van der Waals surface area contributed by atoms with Crippen molar-refractivity contribution in [1.29, 1.82) is 0 Å². The van der Waals surface area contributed by atoms with E-state index in [2.05, 4.69) is 0 Å². The summed E-state index contributed by atoms with van der Waals surface area (Å²) in [5.74, 6) is -0.0761. The zero-order valence-corrected chi connectivity index (χ0v) is 26.5. The summed E-state index contributed by atoms with van der Waals surface area (Å²) in [7, 11) is 1.53. The van der Waals surface area contributed by atoms with Crippen LogP contribution in [-0.2, 0) is 9.53 Å². The molecule has 5 rings (SSSR count). The monoisotopic (exact) mass is 634 g/mol. The van der Waals surface area contributed by atoms with Gasteiger partial charge in [-0.15, -0.1) is 0 Å². The summed E-state index contributed by atoms with van der Waals surface area (Å²) >= 11 is 7.67. The number of allylic oxidation sites excluding steroid dienone is 1. The van der Waals surface area contributed by atoms with E-state index >= 15 is 0 Å². The van der Waals surface area contributed by atoms with Crippen LogP contribution >= 0.6 is 22.9 Å². The number of methoxy groups -OCH3 is 1. The number of halogens is 1. The summed E-state index contributed by atoms with van der Waals surface area (Å²) in [6, 6.07) is 12.5. The first-order valence-electron chi connectivity index (χ1n) is 14.1. The average Bonchev–Trinajstić information content (AvgIpc) is 3.46. The van der Waals surface area contributed by atoms with Gasteiger partial charge in [-0.1, -0.05) is 36.3 Å². The summed E-state index contributed by atoms with van der Waals surface area (Å²) in [6.45, 7) is 7.75. The Morgan fingerprint density at radius 3 is 2.52 bits per heavy atom. The molecule has 2 aromatic carbocycles. The van der Waals surface area contributed by atoms with Crippen molar-refractivity contribution in [2.75, 3.05) is 13.7 Å². The molecule has 0 amide bonds. The van der Waals surface area contributed by atoms with Gasteiger partial charge in [0.1, 0.15) is 11.8 Å². The molecule has 0 fully saturated rings. The molecule has 1 atom stereocenters. The number of benzene rings is 2. The zero-order chi connectivity index (χ0) is 31.7. The van der Waals surface area contributed by atoms with Crippen molar-refractivity contribution in [2.45, 2.75) is 46.6 Å². The minimum atomic E-state index is -0.866. The van der Waals surface area contributed by atoms with Crippen LogP contribution in [0.15, 0.2) is 69.6 Å². The molecule has 1 aliphatic rings. The van der Waals surface area contributed by atoms with Crippen LogP contribution in [0, 0.1) is 24.0 Å². The fraction of sp³-hybridized carbons (Fsp3) is 0.281. The van der Waals surface area contributed by atoms with Crippen molar-refractivity contribution in [3.05, 3.63) is 117 Å². The van der Waals surface area contributed by atoms with Gasteiger partial charge in [-0.3, -0.25) is 19.5 Å². The molecule has 0 unspecified atom stereocenters. The standard InChI is InChI=1S/C32H31ClN4O6S/c1-6-8-25-28(31(39)43-7-2)29(24-17-21(33)9-14-26(24)42-5)36-30(38)27(44-32(36)34-25)16-20-15-18(3)35(19(20)4)22-10-12-23(13-11-22)37(40)41/h9-17,29H,6-8H2,1-5H3/b27-16+/t29-/m0/s1. The number of hydrogen-bond acceptors (Lipinski definition) is 8. The maximum atomic E-state index is 14.2. The van der Waals surface area contributed by atoms with Crippen molar-refractivity contribution in [3.63, 3.8) is 0 Å². The fourth-order valence-electron chi connectivity index (χ4n) is 5.53. The van der Waals surface area contributed by atoms with Crippen LogP contribution in [0.1, 0.15) is 55.2 Å². The number of ether oxygens (including phenoxy) is 2. The molecule has 0 radical (unpaired) electrons. The van der Waals surface area contributed by atoms with Crippen LogP contribution in [0.2, 0.25) is 5.02 Å². The molecular weight excluding hydrogens is 604 g/mol. The molecule has 0 saturated heterocycles. The molecule has 1 aliphatic heterocycles. The van der Waals surface area contributed by atoms with Crippen molar-refractivity contribution in [3.8, 4) is 11.4 Å². The number of nitro groups is 1. The van der Waals surface area contributed by atoms with Gasteiger partial charge in [-0.25, -0.2) is 9.79 Å². The molecule has 0 N–H and O–H groups in total. The summed E-state index contributed by atoms with van der Waals surface area (Å²) in [4.78, 5) is 43.7. The Morgan fingerprint density at radius 2 is 1.89 bits per heavy atom. The first kappa shape index (κ1) is 31.0. The Morgan fingerprint density at radius 1 is 1.16 bits per heavy atom. The smallest absolute Gasteiger partial charge is 0.338 e. The zero-order valence-electron chi connectivity index (χ0n) is 24.9. The van der Waals surface area contributed by atoms with Crippen LogP contribution in [0.25, 0.3) is 11.8 Å². The van der Waals surface area contributed by atoms with Gasteiger partial charge in [0.05, 0.1) is 34.4 Å². The number of nitrogens with zero attached hydrogens (tertiary/aromatic N) is 4. The van der Waals surface area contributed by atoms with E-state index in [4.69, 9.17) is 26.1 Å². The minimum Gasteiger partial charge on any atom is -0.496 e. The van der Waals surface area contributed by atoms with Crippen LogP contribution < -0.4 is 19.6 Å². The third-order valence-electron chi connectivity index (χ3n) is 7.45. The number of nitro benzene ring substituents is 1. The lowest BCUT2D eigenvalue weighted by molar-refractivity contribution is -0.384. The molecule has 3 heterocycles. The molecule has 0 aliphatic carbocycles. The molecule has 0 bridgehead atoms. The maximum Gasteiger partial charge on any atom is 0.338 e. The predicted octanol–water partition coefficient (Wildman–Crippen LogP) is 5.56. The lowest BCUT2D eigenvalue weighted by atomic mass is 9.93. The number of aromatic nitrogens is 2. The van der Waals surface area contributed by atoms with E-state index in [0.717, 1.165) is 29.1 Å². The van der Waals surface area contributed by atoms with Crippen molar-refractivity contribution >= 4 is 40.7 Å². The van der Waals surface area contributed by atoms with Gasteiger partial charge in [0.25, 0.3) is 11.2 Å². The summed E-state index contributed by atoms with van der Waals surface area (Å²) in [5.41, 5.74) is 4.40. The van der Waals surface area contributed by atoms with Crippen molar-refractivity contribution < 1.29 is 19.2 Å². The number of hydrogen-bond donors (Lipinski definition) is 0. The highest BCUT2D eigenvalue weighted by Gasteiger charge is 2.36. The molecule has 228 valence electrons. The predicted molar refractivity (Wildman–Crippen MR) is 170 cm³/mol. The van der Waals surface area contributed by atoms with Crippen molar-refractivity contribution in [1.82, 2.24) is 9.13 Å². The molecule has 12 heteroatoms. The lowest BCUT2D eigenvalue weighted by Gasteiger charge is -2.27. The second-order valence-corrected chi connectivity index (χ2v) is 11.7. The van der Waals surface area contributed by atoms with E-state index < -0.39 is 16.9 Å². The molecule has 0 saturated carbocycles. The van der Waals surface area contributed by atoms with Gasteiger partial charge < -0.3 is 14.0 Å². The number of aryl methyl sites for hydroxylation is 1. The third kappa shape index (κ3) is 5.60. The number of non-ortho nitro benzene ring substituents is 1. The normalized spacial score (nSPS) is 14.8. The van der Waals surface area contributed by atoms with E-state index in [9.17, 15) is 19.7 Å². The van der Waals surface area contributed by atoms with E-state index in [1.165, 1.54) is 35.1 Å². The average molecular weight is 635 g/mol. The van der Waals surface area contributed by atoms with Crippen LogP contribution in [-0.4, -0.2) is 33.7 Å². The molecule has 44 heavy (non-hydrogen) atoms. The molecule has 4 aromatic rings. The van der Waals surface area contributed by atoms with Gasteiger partial charge >= 0.3 is 5.97 Å². The van der Waals surface area contributed by atoms with Crippen LogP contribution in [0.4, 0.5) is 5.69 Å². The molecule has 10 nitrogen and oxygen atoms in total. The Balaban J connectivity index is 1.73. The Kier molecular flexibility index (Phi) is 8.89. The number of esters is 1. The highest BCUT2D eigenvalue weighted by Crippen LogP contribution is 2.38. The second-order valence-electron chi connectivity index (χ2n) is 10.2. The minimum absolute atomic E-state index is 0.00747. The lowest BCUT2D eigenvalue weighted by Crippen LogP contribution is -2.40. The molecular formula is C32H31ClN4O6S. The molecule has 2 aromatic heterocycles. The largest absolute Gasteiger partial charge is 0.496 e. The Labute approximate surface area is 262 Å². The van der Waals surface area contributed by atoms with E-state index in [-0.39, 0.29) is 23.4 Å². The number of carbonyl (C=O) groups excluding carboxylic acids is 1. The quantitative estimate of drug-likeness (QED) is 0.135. The first-order valence-corrected chi connectivity index (χ1v) is 15.3. The van der Waals surface area contributed by atoms with Crippen LogP contribution in [0.5, 0.6) is 5.75 Å². The van der Waals surface area contributed by atoms with Gasteiger partial charge in [0.15, 0.2) is 4.80 Å². The summed E-state index contributed by atoms with van der Waals surface area (Å²) in [6.07, 6.45) is 3.05. The fourth-order valence-corrected chi connectivity index (χ4v) is 6.72. The maximum absolute atomic E-state index is 14.2. The summed E-state index contributed by atoms with van der Waals surface area (Å²) < 4.78 is 15.1. The number of fused-ring (bicyclic) bond motifs is 1. The van der Waals surface area contributed by atoms with E-state index in [0.29, 0.717) is 37.8 Å². The SMILES string of the molecule is CCCC1=C(C(=O)OCC)[C@H](c2cc(Cl)ccc2OC)n2c(s/c(=C/c3cc(C)n(-c4ccc([N+](=O)[O-])cc4)c3C)c2=O)=N1. The Bertz CT molecular complexity index is 1990. The third-order valence-corrected chi connectivity index (χ3v) is 8.67. The number of rotatable bonds is 9. The van der Waals surface area contributed by atoms with E-state index in [1.54, 1.807) is 37.3 Å². The second kappa shape index (κ2) is 12.6. The summed E-state index contributed by atoms with van der Waals surface area (Å²) in [5, 5.41) is 11.6. The van der Waals surface area contributed by atoms with Gasteiger partial charge in [-0.2, -0.15) is 0 Å². The first-order chi connectivity index (χ1) is 21.1. The molecule has 0 spiro atoms. The van der Waals surface area contributed by atoms with Crippen LogP contribution in [0.3, 0.4) is 0 Å². The van der Waals surface area contributed by atoms with E-state index in [1.807, 2.05) is 37.5 Å². The van der Waals surface area contributed by atoms with Gasteiger partial charge in [0, 0.05) is 39.8 Å². The highest BCUT2D eigenvalue weighted by atomic mass is 35.5. The number of thiazole rings is 1. The van der Waals surface area contributed by atoms with Crippen molar-refractivity contribution in [2.24, 2.45) is 4.99 Å². The van der Waals surface area contributed by atoms with Gasteiger partial charge in [-0.05, 0) is 75.2 Å². The Hall–Kier alpha value is -4.48. The van der Waals surface area contributed by atoms with Gasteiger partial charge in [0.2, 0.25) is 0 Å². The topological polar surface area (TPSA) is 118 Å². The highest BCUT2D eigenvalue weighted by molar-refractivity contribution is 7.07. The number of carbonyl (C=O) groups is 1.